The Morgan fingerprint density at radius 2 is 2.19 bits per heavy atom. The van der Waals surface area contributed by atoms with Gasteiger partial charge in [0, 0.05) is 10.7 Å². The van der Waals surface area contributed by atoms with Gasteiger partial charge in [0.2, 0.25) is 0 Å². The van der Waals surface area contributed by atoms with Crippen LogP contribution in [-0.4, -0.2) is 18.6 Å². The van der Waals surface area contributed by atoms with Gasteiger partial charge in [-0.25, -0.2) is 9.59 Å². The summed E-state index contributed by atoms with van der Waals surface area (Å²) in [4.78, 5) is 23.9. The molecule has 2 N–H and O–H groups in total. The third-order valence-corrected chi connectivity index (χ3v) is 3.38. The van der Waals surface area contributed by atoms with Crippen molar-refractivity contribution in [2.24, 2.45) is 0 Å². The highest BCUT2D eigenvalue weighted by Crippen LogP contribution is 2.31. The van der Waals surface area contributed by atoms with Crippen molar-refractivity contribution < 1.29 is 14.3 Å². The highest BCUT2D eigenvalue weighted by atomic mass is 35.5. The van der Waals surface area contributed by atoms with Crippen molar-refractivity contribution in [2.75, 3.05) is 6.61 Å². The maximum atomic E-state index is 12.2. The number of carbonyl (C=O) groups excluding carboxylic acids is 2. The van der Waals surface area contributed by atoms with Crippen molar-refractivity contribution >= 4 is 23.6 Å². The fourth-order valence-electron chi connectivity index (χ4n) is 2.12. The van der Waals surface area contributed by atoms with E-state index in [1.165, 1.54) is 6.08 Å². The summed E-state index contributed by atoms with van der Waals surface area (Å²) in [6.07, 6.45) is 1.48. The first-order chi connectivity index (χ1) is 10.0. The number of esters is 1. The lowest BCUT2D eigenvalue weighted by molar-refractivity contribution is -0.138. The molecule has 0 fully saturated rings. The van der Waals surface area contributed by atoms with Crippen molar-refractivity contribution in [3.05, 3.63) is 58.8 Å². The summed E-state index contributed by atoms with van der Waals surface area (Å²) >= 11 is 6.16. The van der Waals surface area contributed by atoms with Crippen LogP contribution in [0.25, 0.3) is 0 Å². The maximum Gasteiger partial charge on any atom is 0.338 e. The molecule has 0 aromatic heterocycles. The van der Waals surface area contributed by atoms with Gasteiger partial charge in [-0.3, -0.25) is 0 Å². The number of amides is 2. The molecule has 0 unspecified atom stereocenters. The third-order valence-electron chi connectivity index (χ3n) is 3.04. The Morgan fingerprint density at radius 3 is 2.86 bits per heavy atom. The number of nitrogens with one attached hydrogen (secondary N) is 2. The van der Waals surface area contributed by atoms with Crippen LogP contribution in [0.15, 0.2) is 48.2 Å². The van der Waals surface area contributed by atoms with E-state index < -0.39 is 18.0 Å². The average Bonchev–Trinajstić information content (AvgIpc) is 2.44. The largest absolute Gasteiger partial charge is 0.458 e. The first-order valence-electron chi connectivity index (χ1n) is 6.35. The van der Waals surface area contributed by atoms with Crippen LogP contribution in [0.2, 0.25) is 5.02 Å². The van der Waals surface area contributed by atoms with Crippen molar-refractivity contribution in [3.8, 4) is 0 Å². The quantitative estimate of drug-likeness (QED) is 0.664. The molecule has 1 atom stereocenters. The van der Waals surface area contributed by atoms with Gasteiger partial charge in [-0.05, 0) is 18.6 Å². The smallest absolute Gasteiger partial charge is 0.338 e. The molecule has 1 heterocycles. The summed E-state index contributed by atoms with van der Waals surface area (Å²) in [5, 5.41) is 5.72. The van der Waals surface area contributed by atoms with E-state index in [0.29, 0.717) is 21.9 Å². The van der Waals surface area contributed by atoms with Crippen LogP contribution in [0.5, 0.6) is 0 Å². The Balaban J connectivity index is 2.43. The summed E-state index contributed by atoms with van der Waals surface area (Å²) in [6.45, 7) is 5.24. The van der Waals surface area contributed by atoms with Crippen LogP contribution < -0.4 is 10.6 Å². The van der Waals surface area contributed by atoms with Gasteiger partial charge in [-0.2, -0.15) is 0 Å². The predicted octanol–water partition coefficient (Wildman–Crippen LogP) is 2.70. The molecule has 5 nitrogen and oxygen atoms in total. The summed E-state index contributed by atoms with van der Waals surface area (Å²) in [7, 11) is 0. The van der Waals surface area contributed by atoms with Crippen LogP contribution >= 0.6 is 11.6 Å². The molecular formula is C15H15ClN2O3. The Labute approximate surface area is 127 Å². The number of rotatable bonds is 4. The minimum absolute atomic E-state index is 0.0960. The second-order valence-electron chi connectivity index (χ2n) is 4.48. The molecule has 0 bridgehead atoms. The molecule has 0 aliphatic carbocycles. The van der Waals surface area contributed by atoms with Gasteiger partial charge in [0.25, 0.3) is 0 Å². The number of ether oxygens (including phenoxy) is 1. The number of benzene rings is 1. The van der Waals surface area contributed by atoms with Gasteiger partial charge in [0.1, 0.15) is 6.61 Å². The lowest BCUT2D eigenvalue weighted by Gasteiger charge is -2.28. The lowest BCUT2D eigenvalue weighted by Crippen LogP contribution is -2.45. The second kappa shape index (κ2) is 6.45. The zero-order valence-corrected chi connectivity index (χ0v) is 12.2. The Hall–Kier alpha value is -2.27. The number of allylic oxidation sites excluding steroid dienone is 1. The molecule has 1 aromatic carbocycles. The monoisotopic (exact) mass is 306 g/mol. The molecule has 21 heavy (non-hydrogen) atoms. The zero-order valence-electron chi connectivity index (χ0n) is 11.5. The van der Waals surface area contributed by atoms with E-state index in [-0.39, 0.29) is 6.61 Å². The van der Waals surface area contributed by atoms with Crippen LogP contribution in [0, 0.1) is 0 Å². The van der Waals surface area contributed by atoms with E-state index in [4.69, 9.17) is 16.3 Å². The van der Waals surface area contributed by atoms with Crippen molar-refractivity contribution in [3.63, 3.8) is 0 Å². The molecule has 6 heteroatoms. The molecule has 1 aliphatic heterocycles. The van der Waals surface area contributed by atoms with Crippen molar-refractivity contribution in [1.29, 1.82) is 0 Å². The third kappa shape index (κ3) is 3.25. The van der Waals surface area contributed by atoms with Crippen LogP contribution in [0.4, 0.5) is 4.79 Å². The van der Waals surface area contributed by atoms with Gasteiger partial charge in [0.15, 0.2) is 0 Å². The molecule has 110 valence electrons. The minimum Gasteiger partial charge on any atom is -0.458 e. The van der Waals surface area contributed by atoms with Crippen molar-refractivity contribution in [1.82, 2.24) is 10.6 Å². The van der Waals surface area contributed by atoms with E-state index in [2.05, 4.69) is 17.2 Å². The van der Waals surface area contributed by atoms with Crippen LogP contribution in [0.3, 0.4) is 0 Å². The predicted molar refractivity (Wildman–Crippen MR) is 79.7 cm³/mol. The lowest BCUT2D eigenvalue weighted by atomic mass is 9.95. The SMILES string of the molecule is C=CCOC(=O)C1=C(C)NC(=O)N[C@H]1c1ccccc1Cl. The fraction of sp³-hybridized carbons (Fsp3) is 0.200. The highest BCUT2D eigenvalue weighted by molar-refractivity contribution is 6.31. The van der Waals surface area contributed by atoms with E-state index in [1.54, 1.807) is 31.2 Å². The zero-order chi connectivity index (χ0) is 15.4. The van der Waals surface area contributed by atoms with E-state index in [9.17, 15) is 9.59 Å². The van der Waals surface area contributed by atoms with Gasteiger partial charge >= 0.3 is 12.0 Å². The van der Waals surface area contributed by atoms with Gasteiger partial charge < -0.3 is 15.4 Å². The second-order valence-corrected chi connectivity index (χ2v) is 4.89. The van der Waals surface area contributed by atoms with Crippen LogP contribution in [0.1, 0.15) is 18.5 Å². The maximum absolute atomic E-state index is 12.2. The first-order valence-corrected chi connectivity index (χ1v) is 6.73. The summed E-state index contributed by atoms with van der Waals surface area (Å²) in [5.74, 6) is -0.523. The molecule has 1 aromatic rings. The van der Waals surface area contributed by atoms with Crippen LogP contribution in [-0.2, 0) is 9.53 Å². The highest BCUT2D eigenvalue weighted by Gasteiger charge is 2.33. The molecule has 0 saturated carbocycles. The molecule has 2 amide bonds. The van der Waals surface area contributed by atoms with Gasteiger partial charge in [-0.1, -0.05) is 42.5 Å². The fourth-order valence-corrected chi connectivity index (χ4v) is 2.36. The van der Waals surface area contributed by atoms with Gasteiger partial charge in [0.05, 0.1) is 11.6 Å². The number of urea groups is 1. The summed E-state index contributed by atoms with van der Waals surface area (Å²) in [5.41, 5.74) is 1.40. The molecule has 2 rings (SSSR count). The summed E-state index contributed by atoms with van der Waals surface area (Å²) < 4.78 is 5.08. The van der Waals surface area contributed by atoms with E-state index in [1.807, 2.05) is 0 Å². The molecule has 0 saturated heterocycles. The minimum atomic E-state index is -0.648. The normalized spacial score (nSPS) is 17.8. The molecule has 1 aliphatic rings. The number of carbonyl (C=O) groups is 2. The number of hydrogen-bond donors (Lipinski definition) is 2. The topological polar surface area (TPSA) is 67.4 Å². The number of halogens is 1. The molecular weight excluding hydrogens is 292 g/mol. The summed E-state index contributed by atoms with van der Waals surface area (Å²) in [6, 6.07) is 5.99. The van der Waals surface area contributed by atoms with Crippen molar-refractivity contribution in [2.45, 2.75) is 13.0 Å². The Morgan fingerprint density at radius 1 is 1.48 bits per heavy atom. The van der Waals surface area contributed by atoms with Gasteiger partial charge in [-0.15, -0.1) is 0 Å². The Kier molecular flexibility index (Phi) is 4.65. The Bertz CT molecular complexity index is 625. The first kappa shape index (κ1) is 15.1. The molecule has 0 radical (unpaired) electrons. The van der Waals surface area contributed by atoms with E-state index >= 15 is 0 Å². The molecule has 0 spiro atoms. The number of hydrogen-bond acceptors (Lipinski definition) is 3. The van der Waals surface area contributed by atoms with E-state index in [0.717, 1.165) is 0 Å². The standard InChI is InChI=1S/C15H15ClN2O3/c1-3-8-21-14(19)12-9(2)17-15(20)18-13(12)10-6-4-5-7-11(10)16/h3-7,13H,1,8H2,2H3,(H2,17,18,20)/t13-/m0/s1. The average molecular weight is 307 g/mol.